The molecule has 0 unspecified atom stereocenters. The molecule has 1 aliphatic rings. The lowest BCUT2D eigenvalue weighted by molar-refractivity contribution is -0.151. The smallest absolute Gasteiger partial charge is 0.349 e. The number of carbonyl (C=O) groups excluding carboxylic acids is 2. The van der Waals surface area contributed by atoms with Crippen molar-refractivity contribution in [3.63, 3.8) is 0 Å². The molecule has 0 spiro atoms. The number of methoxy groups -OCH3 is 1. The molecule has 0 amide bonds. The molecule has 6 nitrogen and oxygen atoms in total. The van der Waals surface area contributed by atoms with Gasteiger partial charge in [-0.25, -0.2) is 4.79 Å². The molecular formula is C14H17NO5. The van der Waals surface area contributed by atoms with Gasteiger partial charge in [0.2, 0.25) is 6.10 Å². The van der Waals surface area contributed by atoms with Crippen molar-refractivity contribution in [2.45, 2.75) is 19.4 Å². The second-order valence-corrected chi connectivity index (χ2v) is 4.32. The van der Waals surface area contributed by atoms with Crippen LogP contribution in [0.25, 0.3) is 0 Å². The molecule has 1 N–H and O–H groups in total. The highest BCUT2D eigenvalue weighted by atomic mass is 16.6. The summed E-state index contributed by atoms with van der Waals surface area (Å²) in [5, 5.41) is 3.11. The Bertz CT molecular complexity index is 514. The molecule has 1 atom stereocenters. The molecular weight excluding hydrogens is 262 g/mol. The van der Waals surface area contributed by atoms with Crippen molar-refractivity contribution < 1.29 is 23.8 Å². The fraction of sp³-hybridized carbons (Fsp3) is 0.429. The zero-order chi connectivity index (χ0) is 14.5. The van der Waals surface area contributed by atoms with E-state index in [1.165, 1.54) is 7.11 Å². The summed E-state index contributed by atoms with van der Waals surface area (Å²) in [6, 6.07) is 5.31. The van der Waals surface area contributed by atoms with E-state index in [0.717, 1.165) is 11.3 Å². The van der Waals surface area contributed by atoms with Crippen LogP contribution in [0.5, 0.6) is 5.75 Å². The lowest BCUT2D eigenvalue weighted by Crippen LogP contribution is -2.39. The Morgan fingerprint density at radius 3 is 2.95 bits per heavy atom. The van der Waals surface area contributed by atoms with E-state index in [4.69, 9.17) is 9.47 Å². The second-order valence-electron chi connectivity index (χ2n) is 4.32. The van der Waals surface area contributed by atoms with E-state index >= 15 is 0 Å². The first-order valence-electron chi connectivity index (χ1n) is 6.41. The van der Waals surface area contributed by atoms with E-state index in [1.54, 1.807) is 19.1 Å². The van der Waals surface area contributed by atoms with Crippen molar-refractivity contribution in [1.82, 2.24) is 0 Å². The number of anilines is 1. The van der Waals surface area contributed by atoms with Gasteiger partial charge in [-0.15, -0.1) is 0 Å². The van der Waals surface area contributed by atoms with Gasteiger partial charge in [0.15, 0.2) is 0 Å². The summed E-state index contributed by atoms with van der Waals surface area (Å²) in [7, 11) is 1.35. The molecule has 1 heterocycles. The molecule has 0 bridgehead atoms. The second kappa shape index (κ2) is 6.27. The highest BCUT2D eigenvalue weighted by molar-refractivity contribution is 5.78. The molecule has 6 heteroatoms. The van der Waals surface area contributed by atoms with Gasteiger partial charge in [-0.2, -0.15) is 0 Å². The average Bonchev–Trinajstić information content (AvgIpc) is 2.46. The van der Waals surface area contributed by atoms with E-state index in [2.05, 4.69) is 10.1 Å². The topological polar surface area (TPSA) is 73.9 Å². The number of ether oxygens (including phenoxy) is 3. The van der Waals surface area contributed by atoms with Gasteiger partial charge < -0.3 is 19.5 Å². The Hall–Kier alpha value is -2.24. The maximum atomic E-state index is 11.6. The largest absolute Gasteiger partial charge is 0.475 e. The Morgan fingerprint density at radius 1 is 1.45 bits per heavy atom. The van der Waals surface area contributed by atoms with E-state index in [-0.39, 0.29) is 18.4 Å². The Morgan fingerprint density at radius 2 is 2.25 bits per heavy atom. The molecule has 2 rings (SSSR count). The first kappa shape index (κ1) is 14.2. The zero-order valence-electron chi connectivity index (χ0n) is 11.5. The van der Waals surface area contributed by atoms with Crippen LogP contribution in [0.3, 0.4) is 0 Å². The van der Waals surface area contributed by atoms with E-state index in [0.29, 0.717) is 18.9 Å². The molecule has 0 radical (unpaired) electrons. The van der Waals surface area contributed by atoms with Gasteiger partial charge in [0.1, 0.15) is 5.75 Å². The van der Waals surface area contributed by atoms with Crippen LogP contribution in [-0.4, -0.2) is 38.3 Å². The summed E-state index contributed by atoms with van der Waals surface area (Å²) in [5.41, 5.74) is 1.58. The van der Waals surface area contributed by atoms with Crippen molar-refractivity contribution in [2.24, 2.45) is 0 Å². The predicted octanol–water partition coefficient (Wildman–Crippen LogP) is 1.14. The van der Waals surface area contributed by atoms with Gasteiger partial charge in [0, 0.05) is 0 Å². The molecule has 0 aliphatic carbocycles. The Labute approximate surface area is 117 Å². The fourth-order valence-electron chi connectivity index (χ4n) is 1.93. The molecule has 0 fully saturated rings. The number of hydrogen-bond donors (Lipinski definition) is 1. The van der Waals surface area contributed by atoms with Gasteiger partial charge in [-0.05, 0) is 24.6 Å². The number of rotatable bonds is 4. The van der Waals surface area contributed by atoms with Crippen molar-refractivity contribution in [2.75, 3.05) is 25.6 Å². The van der Waals surface area contributed by atoms with Crippen molar-refractivity contribution >= 4 is 17.6 Å². The van der Waals surface area contributed by atoms with Crippen LogP contribution >= 0.6 is 0 Å². The molecule has 0 saturated carbocycles. The van der Waals surface area contributed by atoms with E-state index < -0.39 is 6.10 Å². The lowest BCUT2D eigenvalue weighted by atomic mass is 10.1. The maximum absolute atomic E-state index is 11.6. The summed E-state index contributed by atoms with van der Waals surface area (Å²) in [6.07, 6.45) is -0.443. The van der Waals surface area contributed by atoms with Gasteiger partial charge in [0.05, 0.1) is 32.4 Å². The predicted molar refractivity (Wildman–Crippen MR) is 71.7 cm³/mol. The lowest BCUT2D eigenvalue weighted by Gasteiger charge is -2.26. The Kier molecular flexibility index (Phi) is 4.45. The van der Waals surface area contributed by atoms with E-state index in [1.807, 2.05) is 6.07 Å². The third kappa shape index (κ3) is 3.20. The molecule has 108 valence electrons. The fourth-order valence-corrected chi connectivity index (χ4v) is 1.93. The normalized spacial score (nSPS) is 16.4. The SMILES string of the molecule is CCOC(=O)[C@@H]1CNc2cc(CC(=O)OC)ccc2O1. The van der Waals surface area contributed by atoms with E-state index in [9.17, 15) is 9.59 Å². The van der Waals surface area contributed by atoms with Crippen LogP contribution in [0.15, 0.2) is 18.2 Å². The molecule has 1 aliphatic heterocycles. The number of esters is 2. The molecule has 1 aromatic rings. The quantitative estimate of drug-likeness (QED) is 0.833. The average molecular weight is 279 g/mol. The maximum Gasteiger partial charge on any atom is 0.349 e. The molecule has 0 saturated heterocycles. The van der Waals surface area contributed by atoms with Crippen molar-refractivity contribution in [3.05, 3.63) is 23.8 Å². The highest BCUT2D eigenvalue weighted by Gasteiger charge is 2.27. The number of carbonyl (C=O) groups is 2. The molecule has 20 heavy (non-hydrogen) atoms. The minimum Gasteiger partial charge on any atom is -0.475 e. The van der Waals surface area contributed by atoms with Crippen molar-refractivity contribution in [3.8, 4) is 5.75 Å². The van der Waals surface area contributed by atoms with Crippen LogP contribution in [0, 0.1) is 0 Å². The summed E-state index contributed by atoms with van der Waals surface area (Å²) in [6.45, 7) is 2.41. The first-order chi connectivity index (χ1) is 9.63. The first-order valence-corrected chi connectivity index (χ1v) is 6.41. The number of fused-ring (bicyclic) bond motifs is 1. The minimum atomic E-state index is -0.645. The monoisotopic (exact) mass is 279 g/mol. The molecule has 0 aromatic heterocycles. The summed E-state index contributed by atoms with van der Waals surface area (Å²) in [5.74, 6) is -0.113. The van der Waals surface area contributed by atoms with Crippen LogP contribution in [0.1, 0.15) is 12.5 Å². The van der Waals surface area contributed by atoms with Gasteiger partial charge in [-0.1, -0.05) is 6.07 Å². The Balaban J connectivity index is 2.07. The number of hydrogen-bond acceptors (Lipinski definition) is 6. The summed E-state index contributed by atoms with van der Waals surface area (Å²) >= 11 is 0. The minimum absolute atomic E-state index is 0.201. The van der Waals surface area contributed by atoms with Crippen LogP contribution < -0.4 is 10.1 Å². The van der Waals surface area contributed by atoms with Crippen molar-refractivity contribution in [1.29, 1.82) is 0 Å². The van der Waals surface area contributed by atoms with Crippen LogP contribution in [-0.2, 0) is 25.5 Å². The van der Waals surface area contributed by atoms with Gasteiger partial charge in [0.25, 0.3) is 0 Å². The van der Waals surface area contributed by atoms with Crippen LogP contribution in [0.2, 0.25) is 0 Å². The van der Waals surface area contributed by atoms with Crippen LogP contribution in [0.4, 0.5) is 5.69 Å². The summed E-state index contributed by atoms with van der Waals surface area (Å²) in [4.78, 5) is 22.8. The van der Waals surface area contributed by atoms with Gasteiger partial charge in [-0.3, -0.25) is 4.79 Å². The zero-order valence-corrected chi connectivity index (χ0v) is 11.5. The number of nitrogens with one attached hydrogen (secondary N) is 1. The molecule has 1 aromatic carbocycles. The highest BCUT2D eigenvalue weighted by Crippen LogP contribution is 2.30. The third-order valence-electron chi connectivity index (χ3n) is 2.92. The third-order valence-corrected chi connectivity index (χ3v) is 2.92. The standard InChI is InChI=1S/C14H17NO5/c1-3-19-14(17)12-8-15-10-6-9(7-13(16)18-2)4-5-11(10)20-12/h4-6,12,15H,3,7-8H2,1-2H3/t12-/m0/s1. The van der Waals surface area contributed by atoms with Gasteiger partial charge >= 0.3 is 11.9 Å². The number of benzene rings is 1. The summed E-state index contributed by atoms with van der Waals surface area (Å²) < 4.78 is 15.1.